The molecule has 6 nitrogen and oxygen atoms in total. The van der Waals surface area contributed by atoms with Gasteiger partial charge >= 0.3 is 6.18 Å². The summed E-state index contributed by atoms with van der Waals surface area (Å²) in [6, 6.07) is 5.06. The van der Waals surface area contributed by atoms with Gasteiger partial charge in [0.05, 0.1) is 24.3 Å². The second-order valence-corrected chi connectivity index (χ2v) is 10.3. The Morgan fingerprint density at radius 2 is 1.74 bits per heavy atom. The smallest absolute Gasteiger partial charge is 0.416 e. The number of rotatable bonds is 5. The molecule has 3 heterocycles. The van der Waals surface area contributed by atoms with Crippen LogP contribution in [0.5, 0.6) is 0 Å². The van der Waals surface area contributed by atoms with E-state index in [0.717, 1.165) is 31.2 Å². The van der Waals surface area contributed by atoms with Gasteiger partial charge in [0.25, 0.3) is 0 Å². The molecule has 0 radical (unpaired) electrons. The van der Waals surface area contributed by atoms with Gasteiger partial charge in [0.1, 0.15) is 0 Å². The van der Waals surface area contributed by atoms with E-state index < -0.39 is 17.6 Å². The summed E-state index contributed by atoms with van der Waals surface area (Å²) in [6.45, 7) is 8.54. The number of hydrogen-bond donors (Lipinski definition) is 2. The van der Waals surface area contributed by atoms with E-state index in [1.165, 1.54) is 18.6 Å². The Hall–Kier alpha value is -3.14. The summed E-state index contributed by atoms with van der Waals surface area (Å²) in [4.78, 5) is 10.5. The fraction of sp³-hybridized carbons (Fsp3) is 0.440. The van der Waals surface area contributed by atoms with Gasteiger partial charge in [0, 0.05) is 28.4 Å². The second-order valence-electron chi connectivity index (χ2n) is 10.3. The highest BCUT2D eigenvalue weighted by atomic mass is 19.4. The lowest BCUT2D eigenvalue weighted by molar-refractivity contribution is -0.137. The quantitative estimate of drug-likeness (QED) is 0.387. The van der Waals surface area contributed by atoms with E-state index in [4.69, 9.17) is 4.42 Å². The number of piperidine rings is 1. The third kappa shape index (κ3) is 5.42. The number of likely N-dealkylation sites (tertiary alicyclic amines) is 1. The molecule has 3 aromatic rings. The highest BCUT2D eigenvalue weighted by Gasteiger charge is 2.43. The predicted molar refractivity (Wildman–Crippen MR) is 127 cm³/mol. The molecule has 188 valence electrons. The van der Waals surface area contributed by atoms with Crippen molar-refractivity contribution in [3.05, 3.63) is 54.4 Å². The van der Waals surface area contributed by atoms with Crippen molar-refractivity contribution in [3.63, 3.8) is 0 Å². The number of furan rings is 1. The lowest BCUT2D eigenvalue weighted by Gasteiger charge is -2.53. The van der Waals surface area contributed by atoms with Crippen molar-refractivity contribution in [1.82, 2.24) is 14.9 Å². The maximum Gasteiger partial charge on any atom is 0.416 e. The lowest BCUT2D eigenvalue weighted by atomic mass is 9.77. The molecule has 0 saturated carbocycles. The van der Waals surface area contributed by atoms with Gasteiger partial charge in [-0.3, -0.25) is 4.90 Å². The van der Waals surface area contributed by atoms with Gasteiger partial charge in [-0.2, -0.15) is 18.2 Å². The Morgan fingerprint density at radius 1 is 1.06 bits per heavy atom. The largest absolute Gasteiger partial charge is 0.472 e. The van der Waals surface area contributed by atoms with Crippen molar-refractivity contribution in [3.8, 4) is 11.1 Å². The number of nitrogens with zero attached hydrogens (tertiary/aromatic N) is 3. The number of nitrogens with one attached hydrogen (secondary N) is 2. The number of aromatic nitrogens is 2. The maximum atomic E-state index is 14.6. The topological polar surface area (TPSA) is 66.2 Å². The minimum atomic E-state index is -4.56. The first-order valence-corrected chi connectivity index (χ1v) is 11.3. The summed E-state index contributed by atoms with van der Waals surface area (Å²) in [5, 5.41) is 5.99. The summed E-state index contributed by atoms with van der Waals surface area (Å²) in [6.07, 6.45) is 0.727. The van der Waals surface area contributed by atoms with Crippen LogP contribution in [0, 0.1) is 5.82 Å². The first-order chi connectivity index (χ1) is 16.2. The zero-order valence-corrected chi connectivity index (χ0v) is 20.3. The van der Waals surface area contributed by atoms with Crippen LogP contribution in [0.25, 0.3) is 11.1 Å². The molecule has 1 saturated heterocycles. The van der Waals surface area contributed by atoms with Gasteiger partial charge in [-0.25, -0.2) is 9.37 Å². The van der Waals surface area contributed by atoms with Crippen LogP contribution in [0.15, 0.2) is 47.4 Å². The molecule has 4 rings (SSSR count). The molecular formula is C25H29F4N5O. The normalized spacial score (nSPS) is 18.4. The van der Waals surface area contributed by atoms with Gasteiger partial charge < -0.3 is 15.1 Å². The fourth-order valence-electron chi connectivity index (χ4n) is 4.78. The van der Waals surface area contributed by atoms with Crippen LogP contribution in [0.4, 0.5) is 35.0 Å². The van der Waals surface area contributed by atoms with Gasteiger partial charge in [0.15, 0.2) is 11.6 Å². The van der Waals surface area contributed by atoms with Crippen molar-refractivity contribution in [1.29, 1.82) is 0 Å². The third-order valence-corrected chi connectivity index (χ3v) is 6.76. The van der Waals surface area contributed by atoms with Gasteiger partial charge in [-0.1, -0.05) is 0 Å². The highest BCUT2D eigenvalue weighted by molar-refractivity contribution is 5.70. The third-order valence-electron chi connectivity index (χ3n) is 6.76. The Kier molecular flexibility index (Phi) is 6.29. The van der Waals surface area contributed by atoms with Crippen LogP contribution in [0.3, 0.4) is 0 Å². The standard InChI is InChI=1S/C25H29F4N5O/c1-23(2)11-19(12-24(3,4)34(23)5)31-21-20(26)13-30-22(33-21)32-18-9-16(15-6-7-35-14-15)8-17(10-18)25(27,28)29/h6-10,13-14,19H,11-12H2,1-5H3,(H2,30,31,32,33). The van der Waals surface area contributed by atoms with E-state index in [2.05, 4.69) is 60.2 Å². The Bertz CT molecular complexity index is 1170. The first-order valence-electron chi connectivity index (χ1n) is 11.3. The average molecular weight is 492 g/mol. The molecule has 0 spiro atoms. The molecule has 1 aliphatic rings. The van der Waals surface area contributed by atoms with E-state index >= 15 is 0 Å². The lowest BCUT2D eigenvalue weighted by Crippen LogP contribution is -2.61. The molecule has 2 aromatic heterocycles. The molecule has 2 N–H and O–H groups in total. The Morgan fingerprint density at radius 3 is 2.34 bits per heavy atom. The Labute approximate surface area is 201 Å². The highest BCUT2D eigenvalue weighted by Crippen LogP contribution is 2.38. The molecule has 0 bridgehead atoms. The van der Waals surface area contributed by atoms with Gasteiger partial charge in [-0.05, 0) is 77.4 Å². The number of anilines is 3. The predicted octanol–water partition coefficient (Wildman–Crippen LogP) is 6.70. The number of benzene rings is 1. The molecule has 35 heavy (non-hydrogen) atoms. The van der Waals surface area contributed by atoms with Crippen LogP contribution in [0.2, 0.25) is 0 Å². The van der Waals surface area contributed by atoms with Crippen LogP contribution >= 0.6 is 0 Å². The average Bonchev–Trinajstić information content (AvgIpc) is 3.28. The van der Waals surface area contributed by atoms with E-state index in [-0.39, 0.29) is 34.6 Å². The SMILES string of the molecule is CN1C(C)(C)CC(Nc2nc(Nc3cc(-c4ccoc4)cc(C(F)(F)F)c3)ncc2F)CC1(C)C. The van der Waals surface area contributed by atoms with E-state index in [0.29, 0.717) is 11.1 Å². The number of alkyl halides is 3. The van der Waals surface area contributed by atoms with Crippen LogP contribution in [-0.4, -0.2) is 39.0 Å². The van der Waals surface area contributed by atoms with Crippen LogP contribution in [0.1, 0.15) is 46.1 Å². The van der Waals surface area contributed by atoms with Gasteiger partial charge in [0.2, 0.25) is 5.95 Å². The van der Waals surface area contributed by atoms with Gasteiger partial charge in [-0.15, -0.1) is 0 Å². The molecule has 10 heteroatoms. The summed E-state index contributed by atoms with van der Waals surface area (Å²) in [5.74, 6) is -0.642. The van der Waals surface area contributed by atoms with Crippen molar-refractivity contribution in [2.75, 3.05) is 17.7 Å². The van der Waals surface area contributed by atoms with E-state index in [1.807, 2.05) is 0 Å². The minimum absolute atomic E-state index is 0.00527. The number of halogens is 4. The van der Waals surface area contributed by atoms with Crippen LogP contribution in [-0.2, 0) is 6.18 Å². The summed E-state index contributed by atoms with van der Waals surface area (Å²) in [5.41, 5.74) is -0.150. The summed E-state index contributed by atoms with van der Waals surface area (Å²) < 4.78 is 60.2. The van der Waals surface area contributed by atoms with Crippen molar-refractivity contribution in [2.24, 2.45) is 0 Å². The van der Waals surface area contributed by atoms with Crippen molar-refractivity contribution >= 4 is 17.5 Å². The molecule has 0 atom stereocenters. The van der Waals surface area contributed by atoms with E-state index in [1.54, 1.807) is 6.07 Å². The maximum absolute atomic E-state index is 14.6. The molecular weight excluding hydrogens is 462 g/mol. The Balaban J connectivity index is 1.61. The molecule has 1 aromatic carbocycles. The molecule has 0 amide bonds. The molecule has 1 aliphatic heterocycles. The molecule has 1 fully saturated rings. The summed E-state index contributed by atoms with van der Waals surface area (Å²) in [7, 11) is 2.08. The van der Waals surface area contributed by atoms with E-state index in [9.17, 15) is 17.6 Å². The zero-order chi connectivity index (χ0) is 25.6. The fourth-order valence-corrected chi connectivity index (χ4v) is 4.78. The zero-order valence-electron chi connectivity index (χ0n) is 20.3. The summed E-state index contributed by atoms with van der Waals surface area (Å²) >= 11 is 0. The second kappa shape index (κ2) is 8.82. The minimum Gasteiger partial charge on any atom is -0.472 e. The number of hydrogen-bond acceptors (Lipinski definition) is 6. The molecule has 0 unspecified atom stereocenters. The van der Waals surface area contributed by atoms with Crippen LogP contribution < -0.4 is 10.6 Å². The molecule has 0 aliphatic carbocycles. The van der Waals surface area contributed by atoms with Crippen molar-refractivity contribution < 1.29 is 22.0 Å². The van der Waals surface area contributed by atoms with Crippen molar-refractivity contribution in [2.45, 2.75) is 63.8 Å². The monoisotopic (exact) mass is 491 g/mol. The first kappa shape index (κ1) is 25.0.